The van der Waals surface area contributed by atoms with Crippen molar-refractivity contribution in [1.29, 1.82) is 0 Å². The van der Waals surface area contributed by atoms with Gasteiger partial charge in [-0.2, -0.15) is 0 Å². The highest BCUT2D eigenvalue weighted by molar-refractivity contribution is 7.99. The van der Waals surface area contributed by atoms with Crippen LogP contribution >= 0.6 is 11.8 Å². The SMILES string of the molecule is COC(=O)c1ccc(C(C)Sc2ccc(N)cc2)o1. The molecule has 2 rings (SSSR count). The number of carbonyl (C=O) groups is 1. The molecule has 0 aliphatic heterocycles. The van der Waals surface area contributed by atoms with E-state index in [9.17, 15) is 4.79 Å². The lowest BCUT2D eigenvalue weighted by Gasteiger charge is -2.08. The van der Waals surface area contributed by atoms with E-state index >= 15 is 0 Å². The third-order valence-corrected chi connectivity index (χ3v) is 3.74. The highest BCUT2D eigenvalue weighted by Crippen LogP contribution is 2.35. The highest BCUT2D eigenvalue weighted by Gasteiger charge is 2.16. The zero-order chi connectivity index (χ0) is 13.8. The molecule has 0 radical (unpaired) electrons. The summed E-state index contributed by atoms with van der Waals surface area (Å²) < 4.78 is 10.1. The van der Waals surface area contributed by atoms with Crippen LogP contribution in [-0.2, 0) is 4.74 Å². The molecular weight excluding hydrogens is 262 g/mol. The Balaban J connectivity index is 2.07. The Hall–Kier alpha value is -1.88. The van der Waals surface area contributed by atoms with Crippen molar-refractivity contribution in [3.05, 3.63) is 47.9 Å². The molecule has 1 atom stereocenters. The predicted molar refractivity (Wildman–Crippen MR) is 75.2 cm³/mol. The summed E-state index contributed by atoms with van der Waals surface area (Å²) in [4.78, 5) is 12.4. The molecule has 1 unspecified atom stereocenters. The second-order valence-corrected chi connectivity index (χ2v) is 5.44. The van der Waals surface area contributed by atoms with Crippen molar-refractivity contribution in [3.63, 3.8) is 0 Å². The Kier molecular flexibility index (Phi) is 4.16. The number of nitrogen functional groups attached to an aromatic ring is 1. The topological polar surface area (TPSA) is 65.5 Å². The van der Waals surface area contributed by atoms with Gasteiger partial charge in [-0.25, -0.2) is 4.79 Å². The first kappa shape index (κ1) is 13.5. The predicted octanol–water partition coefficient (Wildman–Crippen LogP) is 3.50. The van der Waals surface area contributed by atoms with Crippen molar-refractivity contribution in [2.75, 3.05) is 12.8 Å². The van der Waals surface area contributed by atoms with E-state index in [2.05, 4.69) is 4.74 Å². The summed E-state index contributed by atoms with van der Waals surface area (Å²) in [5.41, 5.74) is 6.38. The number of esters is 1. The fourth-order valence-corrected chi connectivity index (χ4v) is 2.53. The van der Waals surface area contributed by atoms with Gasteiger partial charge in [0.1, 0.15) is 5.76 Å². The molecule has 2 aromatic rings. The second kappa shape index (κ2) is 5.84. The number of anilines is 1. The number of thioether (sulfide) groups is 1. The van der Waals surface area contributed by atoms with Crippen molar-refractivity contribution >= 4 is 23.4 Å². The van der Waals surface area contributed by atoms with Crippen molar-refractivity contribution < 1.29 is 13.9 Å². The van der Waals surface area contributed by atoms with E-state index in [1.165, 1.54) is 7.11 Å². The standard InChI is InChI=1S/C14H15NO3S/c1-9(19-11-5-3-10(15)4-6-11)12-7-8-13(18-12)14(16)17-2/h3-9H,15H2,1-2H3. The van der Waals surface area contributed by atoms with Crippen molar-refractivity contribution in [2.45, 2.75) is 17.1 Å². The lowest BCUT2D eigenvalue weighted by molar-refractivity contribution is 0.0563. The lowest BCUT2D eigenvalue weighted by atomic mass is 10.3. The highest BCUT2D eigenvalue weighted by atomic mass is 32.2. The molecule has 4 nitrogen and oxygen atoms in total. The van der Waals surface area contributed by atoms with Gasteiger partial charge in [0.05, 0.1) is 12.4 Å². The van der Waals surface area contributed by atoms with E-state index in [-0.39, 0.29) is 11.0 Å². The quantitative estimate of drug-likeness (QED) is 0.526. The number of methoxy groups -OCH3 is 1. The molecular formula is C14H15NO3S. The van der Waals surface area contributed by atoms with Gasteiger partial charge in [0.25, 0.3) is 0 Å². The Morgan fingerprint density at radius 1 is 1.26 bits per heavy atom. The number of rotatable bonds is 4. The van der Waals surface area contributed by atoms with Gasteiger partial charge in [-0.1, -0.05) is 0 Å². The number of ether oxygens (including phenoxy) is 1. The van der Waals surface area contributed by atoms with Gasteiger partial charge >= 0.3 is 5.97 Å². The van der Waals surface area contributed by atoms with E-state index in [0.29, 0.717) is 0 Å². The number of carbonyl (C=O) groups excluding carboxylic acids is 1. The molecule has 0 fully saturated rings. The minimum absolute atomic E-state index is 0.0991. The normalized spacial score (nSPS) is 12.1. The summed E-state index contributed by atoms with van der Waals surface area (Å²) in [5.74, 6) is 0.500. The van der Waals surface area contributed by atoms with Crippen LogP contribution in [0.1, 0.15) is 28.5 Å². The number of furan rings is 1. The van der Waals surface area contributed by atoms with Crippen molar-refractivity contribution in [3.8, 4) is 0 Å². The lowest BCUT2D eigenvalue weighted by Crippen LogP contribution is -1.98. The first-order valence-electron chi connectivity index (χ1n) is 5.80. The van der Waals surface area contributed by atoms with Crippen molar-refractivity contribution in [2.24, 2.45) is 0 Å². The summed E-state index contributed by atoms with van der Waals surface area (Å²) in [6.07, 6.45) is 0. The summed E-state index contributed by atoms with van der Waals surface area (Å²) in [6.45, 7) is 2.01. The monoisotopic (exact) mass is 277 g/mol. The van der Waals surface area contributed by atoms with E-state index in [4.69, 9.17) is 10.2 Å². The maximum Gasteiger partial charge on any atom is 0.373 e. The van der Waals surface area contributed by atoms with Crippen LogP contribution in [0.4, 0.5) is 5.69 Å². The Morgan fingerprint density at radius 2 is 1.95 bits per heavy atom. The molecule has 2 N–H and O–H groups in total. The van der Waals surface area contributed by atoms with E-state index in [1.807, 2.05) is 31.2 Å². The molecule has 0 spiro atoms. The Labute approximate surface area is 115 Å². The van der Waals surface area contributed by atoms with Gasteiger partial charge in [-0.15, -0.1) is 11.8 Å². The van der Waals surface area contributed by atoms with E-state index in [0.717, 1.165) is 16.3 Å². The molecule has 0 saturated heterocycles. The van der Waals surface area contributed by atoms with Crippen LogP contribution in [0.2, 0.25) is 0 Å². The largest absolute Gasteiger partial charge is 0.463 e. The molecule has 0 amide bonds. The molecule has 0 saturated carbocycles. The Bertz CT molecular complexity index is 562. The molecule has 1 aromatic heterocycles. The number of benzene rings is 1. The summed E-state index contributed by atoms with van der Waals surface area (Å²) >= 11 is 1.64. The van der Waals surface area contributed by atoms with Gasteiger partial charge < -0.3 is 14.9 Å². The number of nitrogens with two attached hydrogens (primary N) is 1. The van der Waals surface area contributed by atoms with Crippen LogP contribution in [-0.4, -0.2) is 13.1 Å². The maximum absolute atomic E-state index is 11.3. The van der Waals surface area contributed by atoms with Crippen LogP contribution in [0, 0.1) is 0 Å². The molecule has 0 aliphatic carbocycles. The van der Waals surface area contributed by atoms with Gasteiger partial charge in [0, 0.05) is 10.6 Å². The zero-order valence-corrected chi connectivity index (χ0v) is 11.6. The molecule has 5 heteroatoms. The molecule has 0 bridgehead atoms. The second-order valence-electron chi connectivity index (χ2n) is 4.02. The summed E-state index contributed by atoms with van der Waals surface area (Å²) in [6, 6.07) is 11.1. The minimum Gasteiger partial charge on any atom is -0.463 e. The third-order valence-electron chi connectivity index (χ3n) is 2.61. The zero-order valence-electron chi connectivity index (χ0n) is 10.8. The van der Waals surface area contributed by atoms with Crippen LogP contribution in [0.15, 0.2) is 45.7 Å². The van der Waals surface area contributed by atoms with Gasteiger partial charge in [0.2, 0.25) is 5.76 Å². The van der Waals surface area contributed by atoms with Crippen LogP contribution < -0.4 is 5.73 Å². The van der Waals surface area contributed by atoms with Crippen molar-refractivity contribution in [1.82, 2.24) is 0 Å². The van der Waals surface area contributed by atoms with E-state index < -0.39 is 5.97 Å². The summed E-state index contributed by atoms with van der Waals surface area (Å²) in [7, 11) is 1.33. The van der Waals surface area contributed by atoms with Crippen LogP contribution in [0.25, 0.3) is 0 Å². The third kappa shape index (κ3) is 3.32. The molecule has 19 heavy (non-hydrogen) atoms. The van der Waals surface area contributed by atoms with Crippen LogP contribution in [0.5, 0.6) is 0 Å². The van der Waals surface area contributed by atoms with Gasteiger partial charge in [-0.05, 0) is 43.3 Å². The van der Waals surface area contributed by atoms with Gasteiger partial charge in [0.15, 0.2) is 0 Å². The van der Waals surface area contributed by atoms with Gasteiger partial charge in [-0.3, -0.25) is 0 Å². The average molecular weight is 277 g/mol. The first-order valence-corrected chi connectivity index (χ1v) is 6.68. The summed E-state index contributed by atoms with van der Waals surface area (Å²) in [5, 5.41) is 0.0991. The average Bonchev–Trinajstić information content (AvgIpc) is 2.90. The Morgan fingerprint density at radius 3 is 2.58 bits per heavy atom. The fourth-order valence-electron chi connectivity index (χ4n) is 1.59. The first-order chi connectivity index (χ1) is 9.10. The smallest absolute Gasteiger partial charge is 0.373 e. The maximum atomic E-state index is 11.3. The number of hydrogen-bond donors (Lipinski definition) is 1. The van der Waals surface area contributed by atoms with Crippen LogP contribution in [0.3, 0.4) is 0 Å². The molecule has 0 aliphatic rings. The molecule has 100 valence electrons. The minimum atomic E-state index is -0.462. The number of hydrogen-bond acceptors (Lipinski definition) is 5. The van der Waals surface area contributed by atoms with E-state index in [1.54, 1.807) is 23.9 Å². The molecule has 1 heterocycles. The fraction of sp³-hybridized carbons (Fsp3) is 0.214. The molecule has 1 aromatic carbocycles.